The van der Waals surface area contributed by atoms with Gasteiger partial charge in [-0.3, -0.25) is 10.1 Å². The van der Waals surface area contributed by atoms with Crippen LogP contribution in [-0.4, -0.2) is 26.7 Å². The largest absolute Gasteiger partial charge is 0.360 e. The summed E-state index contributed by atoms with van der Waals surface area (Å²) < 4.78 is 8.95. The van der Waals surface area contributed by atoms with Gasteiger partial charge in [-0.2, -0.15) is 0 Å². The molecule has 25 heavy (non-hydrogen) atoms. The first kappa shape index (κ1) is 16.8. The van der Waals surface area contributed by atoms with Gasteiger partial charge < -0.3 is 9.84 Å². The molecule has 2 N–H and O–H groups in total. The van der Waals surface area contributed by atoms with Crippen LogP contribution in [0.5, 0.6) is 0 Å². The number of carbonyl (C=O) groups excluding carboxylic acids is 2. The van der Waals surface area contributed by atoms with Crippen molar-refractivity contribution in [2.24, 2.45) is 0 Å². The second-order valence-electron chi connectivity index (χ2n) is 5.42. The van der Waals surface area contributed by atoms with E-state index in [0.29, 0.717) is 27.7 Å². The summed E-state index contributed by atoms with van der Waals surface area (Å²) in [4.78, 5) is 25.2. The molecule has 0 aliphatic heterocycles. The second kappa shape index (κ2) is 6.81. The smallest absolute Gasteiger partial charge is 0.326 e. The van der Waals surface area contributed by atoms with E-state index >= 15 is 0 Å². The highest BCUT2D eigenvalue weighted by Gasteiger charge is 2.25. The lowest BCUT2D eigenvalue weighted by atomic mass is 10.1. The fourth-order valence-electron chi connectivity index (χ4n) is 2.21. The number of amides is 3. The van der Waals surface area contributed by atoms with Gasteiger partial charge in [0.15, 0.2) is 0 Å². The molecule has 128 valence electrons. The summed E-state index contributed by atoms with van der Waals surface area (Å²) in [6.45, 7) is 5.31. The number of hydrogen-bond acceptors (Lipinski definition) is 7. The van der Waals surface area contributed by atoms with Crippen LogP contribution in [0.4, 0.5) is 10.5 Å². The Morgan fingerprint density at radius 2 is 1.84 bits per heavy atom. The molecule has 0 radical (unpaired) electrons. The lowest BCUT2D eigenvalue weighted by Crippen LogP contribution is -2.34. The minimum Gasteiger partial charge on any atom is -0.360 e. The fraction of sp³-hybridized carbons (Fsp3) is 0.188. The number of nitrogens with zero attached hydrogens (tertiary/aromatic N) is 3. The first-order chi connectivity index (χ1) is 12.0. The Hall–Kier alpha value is -3.07. The number of hydrogen-bond donors (Lipinski definition) is 2. The standard InChI is InChI=1S/C16H15N5O3S/c1-8-4-6-11(7-5-8)17-16(23)18-15(22)12-10(3)24-20-13(12)14-9(2)19-21-25-14/h4-7H,1-3H3,(H2,17,18,22,23). The average Bonchev–Trinajstić information content (AvgIpc) is 3.14. The number of urea groups is 1. The average molecular weight is 357 g/mol. The van der Waals surface area contributed by atoms with Crippen LogP contribution in [0, 0.1) is 20.8 Å². The SMILES string of the molecule is Cc1ccc(NC(=O)NC(=O)c2c(-c3snnc3C)noc2C)cc1. The molecule has 3 amide bonds. The summed E-state index contributed by atoms with van der Waals surface area (Å²) in [6, 6.07) is 6.59. The molecule has 3 aromatic rings. The molecule has 9 heteroatoms. The van der Waals surface area contributed by atoms with Crippen molar-refractivity contribution in [1.82, 2.24) is 20.1 Å². The van der Waals surface area contributed by atoms with Crippen LogP contribution in [0.25, 0.3) is 10.6 Å². The molecule has 0 aliphatic carbocycles. The highest BCUT2D eigenvalue weighted by molar-refractivity contribution is 7.09. The predicted molar refractivity (Wildman–Crippen MR) is 92.5 cm³/mol. The fourth-order valence-corrected chi connectivity index (χ4v) is 2.85. The highest BCUT2D eigenvalue weighted by atomic mass is 32.1. The summed E-state index contributed by atoms with van der Waals surface area (Å²) in [6.07, 6.45) is 0. The number of carbonyl (C=O) groups is 2. The van der Waals surface area contributed by atoms with E-state index < -0.39 is 11.9 Å². The zero-order chi connectivity index (χ0) is 18.0. The molecule has 0 saturated heterocycles. The van der Waals surface area contributed by atoms with Gasteiger partial charge in [-0.1, -0.05) is 27.3 Å². The van der Waals surface area contributed by atoms with E-state index in [4.69, 9.17) is 4.52 Å². The Balaban J connectivity index is 1.77. The van der Waals surface area contributed by atoms with Crippen LogP contribution in [0.3, 0.4) is 0 Å². The van der Waals surface area contributed by atoms with Gasteiger partial charge in [0.25, 0.3) is 5.91 Å². The first-order valence-electron chi connectivity index (χ1n) is 7.40. The van der Waals surface area contributed by atoms with Crippen LogP contribution in [-0.2, 0) is 0 Å². The summed E-state index contributed by atoms with van der Waals surface area (Å²) >= 11 is 1.11. The molecule has 0 aliphatic rings. The number of nitrogens with one attached hydrogen (secondary N) is 2. The Morgan fingerprint density at radius 1 is 1.12 bits per heavy atom. The maximum Gasteiger partial charge on any atom is 0.326 e. The highest BCUT2D eigenvalue weighted by Crippen LogP contribution is 2.29. The van der Waals surface area contributed by atoms with E-state index in [-0.39, 0.29) is 5.56 Å². The number of rotatable bonds is 3. The zero-order valence-corrected chi connectivity index (χ0v) is 14.6. The molecule has 0 bridgehead atoms. The van der Waals surface area contributed by atoms with E-state index in [0.717, 1.165) is 17.1 Å². The van der Waals surface area contributed by atoms with Crippen molar-refractivity contribution < 1.29 is 14.1 Å². The maximum absolute atomic E-state index is 12.5. The van der Waals surface area contributed by atoms with Gasteiger partial charge in [0.2, 0.25) is 0 Å². The normalized spacial score (nSPS) is 10.5. The van der Waals surface area contributed by atoms with Gasteiger partial charge in [-0.15, -0.1) is 5.10 Å². The molecule has 0 unspecified atom stereocenters. The van der Waals surface area contributed by atoms with Gasteiger partial charge in [-0.05, 0) is 44.4 Å². The molecule has 0 fully saturated rings. The topological polar surface area (TPSA) is 110 Å². The maximum atomic E-state index is 12.5. The van der Waals surface area contributed by atoms with Gasteiger partial charge in [0.1, 0.15) is 21.9 Å². The van der Waals surface area contributed by atoms with E-state index in [9.17, 15) is 9.59 Å². The minimum atomic E-state index is -0.639. The van der Waals surface area contributed by atoms with Crippen LogP contribution in [0.2, 0.25) is 0 Å². The third-order valence-electron chi connectivity index (χ3n) is 3.49. The quantitative estimate of drug-likeness (QED) is 0.745. The van der Waals surface area contributed by atoms with Crippen LogP contribution in [0.1, 0.15) is 27.4 Å². The number of anilines is 1. The Kier molecular flexibility index (Phi) is 4.57. The Labute approximate surface area is 147 Å². The third kappa shape index (κ3) is 3.56. The van der Waals surface area contributed by atoms with Gasteiger partial charge in [-0.25, -0.2) is 4.79 Å². The molecule has 3 rings (SSSR count). The molecule has 1 aromatic carbocycles. The van der Waals surface area contributed by atoms with E-state index in [1.54, 1.807) is 26.0 Å². The Bertz CT molecular complexity index is 930. The predicted octanol–water partition coefficient (Wildman–Crippen LogP) is 3.08. The monoisotopic (exact) mass is 357 g/mol. The van der Waals surface area contributed by atoms with Gasteiger partial charge in [0, 0.05) is 5.69 Å². The first-order valence-corrected chi connectivity index (χ1v) is 8.17. The van der Waals surface area contributed by atoms with Crippen molar-refractivity contribution in [3.63, 3.8) is 0 Å². The molecule has 0 spiro atoms. The summed E-state index contributed by atoms with van der Waals surface area (Å²) in [5.74, 6) is -0.297. The lowest BCUT2D eigenvalue weighted by molar-refractivity contribution is 0.0966. The number of benzene rings is 1. The molecule has 0 saturated carbocycles. The van der Waals surface area contributed by atoms with Crippen molar-refractivity contribution in [3.05, 3.63) is 46.8 Å². The number of imide groups is 1. The van der Waals surface area contributed by atoms with Crippen molar-refractivity contribution in [2.45, 2.75) is 20.8 Å². The molecule has 2 heterocycles. The Morgan fingerprint density at radius 3 is 2.48 bits per heavy atom. The molecule has 0 atom stereocenters. The van der Waals surface area contributed by atoms with Crippen molar-refractivity contribution in [1.29, 1.82) is 0 Å². The van der Waals surface area contributed by atoms with Crippen molar-refractivity contribution >= 4 is 29.2 Å². The summed E-state index contributed by atoms with van der Waals surface area (Å²) in [5, 5.41) is 12.7. The molecular weight excluding hydrogens is 342 g/mol. The van der Waals surface area contributed by atoms with E-state index in [1.165, 1.54) is 0 Å². The molecule has 2 aromatic heterocycles. The van der Waals surface area contributed by atoms with E-state index in [1.807, 2.05) is 19.1 Å². The molecular formula is C16H15N5O3S. The van der Waals surface area contributed by atoms with Crippen LogP contribution in [0.15, 0.2) is 28.8 Å². The minimum absolute atomic E-state index is 0.188. The number of aryl methyl sites for hydroxylation is 3. The third-order valence-corrected chi connectivity index (χ3v) is 4.33. The lowest BCUT2D eigenvalue weighted by Gasteiger charge is -2.07. The van der Waals surface area contributed by atoms with Gasteiger partial charge in [0.05, 0.1) is 5.69 Å². The second-order valence-corrected chi connectivity index (χ2v) is 6.18. The zero-order valence-electron chi connectivity index (χ0n) is 13.8. The van der Waals surface area contributed by atoms with E-state index in [2.05, 4.69) is 25.4 Å². The summed E-state index contributed by atoms with van der Waals surface area (Å²) in [7, 11) is 0. The molecule has 8 nitrogen and oxygen atoms in total. The van der Waals surface area contributed by atoms with Crippen molar-refractivity contribution in [3.8, 4) is 10.6 Å². The van der Waals surface area contributed by atoms with Crippen molar-refractivity contribution in [2.75, 3.05) is 5.32 Å². The summed E-state index contributed by atoms with van der Waals surface area (Å²) in [5.41, 5.74) is 2.80. The van der Waals surface area contributed by atoms with Crippen LogP contribution < -0.4 is 10.6 Å². The van der Waals surface area contributed by atoms with Gasteiger partial charge >= 0.3 is 6.03 Å². The number of aromatic nitrogens is 3. The van der Waals surface area contributed by atoms with Crippen LogP contribution >= 0.6 is 11.5 Å².